The molecule has 1 amide bonds. The van der Waals surface area contributed by atoms with Crippen molar-refractivity contribution in [3.05, 3.63) is 0 Å². The van der Waals surface area contributed by atoms with Gasteiger partial charge in [-0.05, 0) is 43.6 Å². The molecule has 1 heterocycles. The van der Waals surface area contributed by atoms with Crippen LogP contribution in [0.3, 0.4) is 0 Å². The first-order valence-corrected chi connectivity index (χ1v) is 6.65. The Hall–Kier alpha value is -0.280. The Kier molecular flexibility index (Phi) is 5.26. The normalized spacial score (nSPS) is 26.2. The lowest BCUT2D eigenvalue weighted by Crippen LogP contribution is -2.48. The molecule has 0 bridgehead atoms. The summed E-state index contributed by atoms with van der Waals surface area (Å²) in [5, 5.41) is 6.43. The third kappa shape index (κ3) is 3.59. The molecule has 100 valence electrons. The van der Waals surface area contributed by atoms with Crippen LogP contribution in [0.4, 0.5) is 0 Å². The minimum atomic E-state index is 0. The number of amides is 1. The lowest BCUT2D eigenvalue weighted by molar-refractivity contribution is -0.124. The van der Waals surface area contributed by atoms with Crippen LogP contribution in [0.1, 0.15) is 46.0 Å². The van der Waals surface area contributed by atoms with Crippen LogP contribution in [0.2, 0.25) is 0 Å². The van der Waals surface area contributed by atoms with Gasteiger partial charge in [0.1, 0.15) is 0 Å². The van der Waals surface area contributed by atoms with Gasteiger partial charge in [0.25, 0.3) is 0 Å². The van der Waals surface area contributed by atoms with Crippen molar-refractivity contribution in [1.29, 1.82) is 0 Å². The maximum absolute atomic E-state index is 11.9. The van der Waals surface area contributed by atoms with Gasteiger partial charge in [0, 0.05) is 6.54 Å². The predicted octanol–water partition coefficient (Wildman–Crippen LogP) is 2.10. The molecular formula is C13H25ClN2O. The average Bonchev–Trinajstić information content (AvgIpc) is 3.08. The standard InChI is InChI=1S/C13H24N2O.ClH/c1-10(2)13(6-7-13)9-15-12(16)11-5-3-4-8-14-11;/h10-11,14H,3-9H2,1-2H3,(H,15,16);1H. The van der Waals surface area contributed by atoms with Gasteiger partial charge in [0.2, 0.25) is 5.91 Å². The Morgan fingerprint density at radius 2 is 2.12 bits per heavy atom. The Balaban J connectivity index is 0.00000144. The smallest absolute Gasteiger partial charge is 0.237 e. The zero-order chi connectivity index (χ0) is 11.6. The first kappa shape index (κ1) is 14.8. The van der Waals surface area contributed by atoms with Gasteiger partial charge >= 0.3 is 0 Å². The second-order valence-electron chi connectivity index (χ2n) is 5.74. The number of hydrogen-bond donors (Lipinski definition) is 2. The first-order valence-electron chi connectivity index (χ1n) is 6.65. The molecule has 0 aromatic rings. The van der Waals surface area contributed by atoms with Crippen LogP contribution in [0.5, 0.6) is 0 Å². The van der Waals surface area contributed by atoms with Crippen molar-refractivity contribution in [2.75, 3.05) is 13.1 Å². The number of carbonyl (C=O) groups is 1. The molecule has 3 nitrogen and oxygen atoms in total. The van der Waals surface area contributed by atoms with Gasteiger partial charge in [-0.2, -0.15) is 0 Å². The topological polar surface area (TPSA) is 41.1 Å². The van der Waals surface area contributed by atoms with Gasteiger partial charge in [-0.1, -0.05) is 20.3 Å². The number of nitrogens with one attached hydrogen (secondary N) is 2. The van der Waals surface area contributed by atoms with Crippen molar-refractivity contribution >= 4 is 18.3 Å². The van der Waals surface area contributed by atoms with Crippen LogP contribution in [-0.4, -0.2) is 25.0 Å². The lowest BCUT2D eigenvalue weighted by atomic mass is 9.92. The number of halogens is 1. The molecule has 1 aliphatic carbocycles. The molecule has 1 unspecified atom stereocenters. The molecule has 0 spiro atoms. The van der Waals surface area contributed by atoms with E-state index in [1.807, 2.05) is 0 Å². The van der Waals surface area contributed by atoms with Gasteiger partial charge in [-0.15, -0.1) is 12.4 Å². The third-order valence-electron chi connectivity index (χ3n) is 4.36. The highest BCUT2D eigenvalue weighted by atomic mass is 35.5. The fourth-order valence-electron chi connectivity index (χ4n) is 2.58. The van der Waals surface area contributed by atoms with E-state index in [1.54, 1.807) is 0 Å². The SMILES string of the molecule is CC(C)C1(CNC(=O)C2CCCCN2)CC1.Cl. The molecule has 4 heteroatoms. The highest BCUT2D eigenvalue weighted by Crippen LogP contribution is 2.51. The van der Waals surface area contributed by atoms with Crippen LogP contribution in [0.15, 0.2) is 0 Å². The van der Waals surface area contributed by atoms with Crippen molar-refractivity contribution < 1.29 is 4.79 Å². The van der Waals surface area contributed by atoms with Crippen LogP contribution in [-0.2, 0) is 4.79 Å². The molecule has 2 N–H and O–H groups in total. The molecule has 2 fully saturated rings. The zero-order valence-electron chi connectivity index (χ0n) is 10.9. The van der Waals surface area contributed by atoms with Crippen LogP contribution in [0, 0.1) is 11.3 Å². The molecule has 1 saturated carbocycles. The molecule has 1 atom stereocenters. The van der Waals surface area contributed by atoms with E-state index < -0.39 is 0 Å². The average molecular weight is 261 g/mol. The van der Waals surface area contributed by atoms with Gasteiger partial charge < -0.3 is 10.6 Å². The summed E-state index contributed by atoms with van der Waals surface area (Å²) in [7, 11) is 0. The van der Waals surface area contributed by atoms with Crippen molar-refractivity contribution in [2.45, 2.75) is 52.0 Å². The molecule has 0 aromatic carbocycles. The lowest BCUT2D eigenvalue weighted by Gasteiger charge is -2.25. The number of carbonyl (C=O) groups excluding carboxylic acids is 1. The van der Waals surface area contributed by atoms with Crippen molar-refractivity contribution in [1.82, 2.24) is 10.6 Å². The molecule has 0 aromatic heterocycles. The van der Waals surface area contributed by atoms with E-state index in [-0.39, 0.29) is 24.4 Å². The molecule has 17 heavy (non-hydrogen) atoms. The summed E-state index contributed by atoms with van der Waals surface area (Å²) in [5.41, 5.74) is 0.421. The highest BCUT2D eigenvalue weighted by molar-refractivity contribution is 5.85. The van der Waals surface area contributed by atoms with E-state index >= 15 is 0 Å². The van der Waals surface area contributed by atoms with E-state index in [4.69, 9.17) is 0 Å². The molecule has 1 aliphatic heterocycles. The summed E-state index contributed by atoms with van der Waals surface area (Å²) in [6.07, 6.45) is 5.95. The first-order chi connectivity index (χ1) is 7.64. The van der Waals surface area contributed by atoms with Crippen LogP contribution in [0.25, 0.3) is 0 Å². The maximum atomic E-state index is 11.9. The van der Waals surface area contributed by atoms with E-state index in [0.29, 0.717) is 11.3 Å². The molecule has 2 rings (SSSR count). The summed E-state index contributed by atoms with van der Waals surface area (Å²) in [5.74, 6) is 0.902. The number of hydrogen-bond acceptors (Lipinski definition) is 2. The largest absolute Gasteiger partial charge is 0.354 e. The Morgan fingerprint density at radius 3 is 2.59 bits per heavy atom. The second kappa shape index (κ2) is 6.05. The third-order valence-corrected chi connectivity index (χ3v) is 4.36. The van der Waals surface area contributed by atoms with Crippen molar-refractivity contribution in [2.24, 2.45) is 11.3 Å². The number of rotatable bonds is 4. The van der Waals surface area contributed by atoms with E-state index in [1.165, 1.54) is 25.7 Å². The van der Waals surface area contributed by atoms with Crippen LogP contribution >= 0.6 is 12.4 Å². The van der Waals surface area contributed by atoms with Crippen LogP contribution < -0.4 is 10.6 Å². The molecule has 1 saturated heterocycles. The molecule has 0 radical (unpaired) electrons. The summed E-state index contributed by atoms with van der Waals surface area (Å²) >= 11 is 0. The molecule has 2 aliphatic rings. The van der Waals surface area contributed by atoms with E-state index in [2.05, 4.69) is 24.5 Å². The zero-order valence-corrected chi connectivity index (χ0v) is 11.7. The fraction of sp³-hybridized carbons (Fsp3) is 0.923. The van der Waals surface area contributed by atoms with Gasteiger partial charge in [-0.3, -0.25) is 4.79 Å². The van der Waals surface area contributed by atoms with Gasteiger partial charge in [0.15, 0.2) is 0 Å². The quantitative estimate of drug-likeness (QED) is 0.813. The minimum Gasteiger partial charge on any atom is -0.354 e. The monoisotopic (exact) mass is 260 g/mol. The second-order valence-corrected chi connectivity index (χ2v) is 5.74. The molecular weight excluding hydrogens is 236 g/mol. The van der Waals surface area contributed by atoms with E-state index in [0.717, 1.165) is 19.5 Å². The number of piperidine rings is 1. The van der Waals surface area contributed by atoms with E-state index in [9.17, 15) is 4.79 Å². The summed E-state index contributed by atoms with van der Waals surface area (Å²) in [6, 6.07) is 0.0664. The summed E-state index contributed by atoms with van der Waals surface area (Å²) in [4.78, 5) is 11.9. The van der Waals surface area contributed by atoms with Gasteiger partial charge in [-0.25, -0.2) is 0 Å². The minimum absolute atomic E-state index is 0. The van der Waals surface area contributed by atoms with Gasteiger partial charge in [0.05, 0.1) is 6.04 Å². The summed E-state index contributed by atoms with van der Waals surface area (Å²) in [6.45, 7) is 6.39. The summed E-state index contributed by atoms with van der Waals surface area (Å²) < 4.78 is 0. The Labute approximate surface area is 111 Å². The maximum Gasteiger partial charge on any atom is 0.237 e. The fourth-order valence-corrected chi connectivity index (χ4v) is 2.58. The van der Waals surface area contributed by atoms with Crippen molar-refractivity contribution in [3.63, 3.8) is 0 Å². The predicted molar refractivity (Wildman–Crippen MR) is 72.4 cm³/mol. The van der Waals surface area contributed by atoms with Crippen molar-refractivity contribution in [3.8, 4) is 0 Å². The highest BCUT2D eigenvalue weighted by Gasteiger charge is 2.45. The Morgan fingerprint density at radius 1 is 1.41 bits per heavy atom. The Bertz CT molecular complexity index is 258.